The summed E-state index contributed by atoms with van der Waals surface area (Å²) in [6.07, 6.45) is -0.741. The normalized spacial score (nSPS) is 10.1. The molecule has 0 heterocycles. The lowest BCUT2D eigenvalue weighted by molar-refractivity contribution is 0.0691. The number of benzene rings is 2. The summed E-state index contributed by atoms with van der Waals surface area (Å²) in [4.78, 5) is 22.7. The summed E-state index contributed by atoms with van der Waals surface area (Å²) in [5.74, 6) is -2.25. The SMILES string of the molecule is Cc1c(NC(=O)OCc2ccccc2)ccc(F)c1C(=O)O. The molecule has 5 nitrogen and oxygen atoms in total. The Morgan fingerprint density at radius 1 is 1.18 bits per heavy atom. The van der Waals surface area contributed by atoms with Crippen molar-refractivity contribution in [3.8, 4) is 0 Å². The molecule has 0 atom stereocenters. The smallest absolute Gasteiger partial charge is 0.411 e. The molecule has 0 bridgehead atoms. The van der Waals surface area contributed by atoms with Gasteiger partial charge in [-0.1, -0.05) is 30.3 Å². The maximum atomic E-state index is 13.5. The largest absolute Gasteiger partial charge is 0.478 e. The Morgan fingerprint density at radius 3 is 2.50 bits per heavy atom. The van der Waals surface area contributed by atoms with Crippen LogP contribution in [-0.2, 0) is 11.3 Å². The Morgan fingerprint density at radius 2 is 1.86 bits per heavy atom. The number of carbonyl (C=O) groups excluding carboxylic acids is 1. The molecule has 0 spiro atoms. The highest BCUT2D eigenvalue weighted by Gasteiger charge is 2.17. The lowest BCUT2D eigenvalue weighted by Crippen LogP contribution is -2.16. The Kier molecular flexibility index (Phi) is 4.73. The predicted molar refractivity (Wildman–Crippen MR) is 78.3 cm³/mol. The molecule has 0 aliphatic rings. The second kappa shape index (κ2) is 6.71. The molecule has 2 aromatic carbocycles. The van der Waals surface area contributed by atoms with Gasteiger partial charge in [0.25, 0.3) is 0 Å². The van der Waals surface area contributed by atoms with E-state index in [9.17, 15) is 14.0 Å². The molecule has 0 unspecified atom stereocenters. The van der Waals surface area contributed by atoms with Crippen molar-refractivity contribution in [3.63, 3.8) is 0 Å². The van der Waals surface area contributed by atoms with E-state index in [1.165, 1.54) is 13.0 Å². The number of aromatic carboxylic acids is 1. The number of carbonyl (C=O) groups is 2. The minimum Gasteiger partial charge on any atom is -0.478 e. The number of amides is 1. The maximum Gasteiger partial charge on any atom is 0.411 e. The predicted octanol–water partition coefficient (Wildman–Crippen LogP) is 3.58. The lowest BCUT2D eigenvalue weighted by Gasteiger charge is -2.11. The highest BCUT2D eigenvalue weighted by Crippen LogP contribution is 2.22. The van der Waals surface area contributed by atoms with Gasteiger partial charge < -0.3 is 9.84 Å². The highest BCUT2D eigenvalue weighted by atomic mass is 19.1. The summed E-state index contributed by atoms with van der Waals surface area (Å²) in [6.45, 7) is 1.50. The number of hydrogen-bond acceptors (Lipinski definition) is 3. The van der Waals surface area contributed by atoms with Crippen molar-refractivity contribution in [1.82, 2.24) is 0 Å². The van der Waals surface area contributed by atoms with Gasteiger partial charge in [-0.05, 0) is 30.2 Å². The van der Waals surface area contributed by atoms with Crippen molar-refractivity contribution in [3.05, 3.63) is 65.0 Å². The van der Waals surface area contributed by atoms with Crippen LogP contribution in [-0.4, -0.2) is 17.2 Å². The number of rotatable bonds is 4. The third kappa shape index (κ3) is 3.60. The second-order valence-corrected chi connectivity index (χ2v) is 4.59. The van der Waals surface area contributed by atoms with Crippen LogP contribution in [0.5, 0.6) is 0 Å². The highest BCUT2D eigenvalue weighted by molar-refractivity contribution is 5.94. The van der Waals surface area contributed by atoms with Crippen molar-refractivity contribution >= 4 is 17.7 Å². The van der Waals surface area contributed by atoms with Crippen LogP contribution in [0.1, 0.15) is 21.5 Å². The van der Waals surface area contributed by atoms with Gasteiger partial charge in [-0.3, -0.25) is 5.32 Å². The van der Waals surface area contributed by atoms with Crippen LogP contribution < -0.4 is 5.32 Å². The van der Waals surface area contributed by atoms with Gasteiger partial charge in [0, 0.05) is 5.69 Å². The van der Waals surface area contributed by atoms with Crippen LogP contribution >= 0.6 is 0 Å². The van der Waals surface area contributed by atoms with Crippen molar-refractivity contribution in [2.75, 3.05) is 5.32 Å². The fourth-order valence-corrected chi connectivity index (χ4v) is 1.95. The van der Waals surface area contributed by atoms with E-state index in [4.69, 9.17) is 9.84 Å². The van der Waals surface area contributed by atoms with Gasteiger partial charge in [-0.2, -0.15) is 0 Å². The fraction of sp³-hybridized carbons (Fsp3) is 0.125. The molecule has 0 fully saturated rings. The number of halogens is 1. The van der Waals surface area contributed by atoms with E-state index in [0.717, 1.165) is 11.6 Å². The van der Waals surface area contributed by atoms with Gasteiger partial charge in [0.2, 0.25) is 0 Å². The van der Waals surface area contributed by atoms with Crippen molar-refractivity contribution in [2.45, 2.75) is 13.5 Å². The molecular weight excluding hydrogens is 289 g/mol. The topological polar surface area (TPSA) is 75.6 Å². The van der Waals surface area contributed by atoms with Gasteiger partial charge in [-0.25, -0.2) is 14.0 Å². The molecule has 114 valence electrons. The first kappa shape index (κ1) is 15.5. The Balaban J connectivity index is 2.06. The van der Waals surface area contributed by atoms with Gasteiger partial charge >= 0.3 is 12.1 Å². The molecule has 0 aliphatic carbocycles. The summed E-state index contributed by atoms with van der Waals surface area (Å²) in [5.41, 5.74) is 0.668. The van der Waals surface area contributed by atoms with Crippen molar-refractivity contribution in [2.24, 2.45) is 0 Å². The monoisotopic (exact) mass is 303 g/mol. The van der Waals surface area contributed by atoms with Crippen LogP contribution in [0.15, 0.2) is 42.5 Å². The first-order valence-corrected chi connectivity index (χ1v) is 6.49. The van der Waals surface area contributed by atoms with E-state index >= 15 is 0 Å². The summed E-state index contributed by atoms with van der Waals surface area (Å²) in [7, 11) is 0. The third-order valence-corrected chi connectivity index (χ3v) is 3.08. The number of hydrogen-bond donors (Lipinski definition) is 2. The van der Waals surface area contributed by atoms with Gasteiger partial charge in [0.15, 0.2) is 0 Å². The van der Waals surface area contributed by atoms with Crippen molar-refractivity contribution < 1.29 is 23.8 Å². The standard InChI is InChI=1S/C16H14FNO4/c1-10-13(8-7-12(17)14(10)15(19)20)18-16(21)22-9-11-5-3-2-4-6-11/h2-8H,9H2,1H3,(H,18,21)(H,19,20). The van der Waals surface area contributed by atoms with E-state index in [0.29, 0.717) is 0 Å². The molecule has 0 aromatic heterocycles. The molecule has 2 rings (SSSR count). The summed E-state index contributed by atoms with van der Waals surface area (Å²) in [6, 6.07) is 11.4. The van der Waals surface area contributed by atoms with Crippen LogP contribution in [0.4, 0.5) is 14.9 Å². The summed E-state index contributed by atoms with van der Waals surface area (Å²) in [5, 5.41) is 11.4. The first-order chi connectivity index (χ1) is 10.5. The van der Waals surface area contributed by atoms with Crippen molar-refractivity contribution in [1.29, 1.82) is 0 Å². The van der Waals surface area contributed by atoms with Crippen LogP contribution in [0, 0.1) is 12.7 Å². The molecular formula is C16H14FNO4. The van der Waals surface area contributed by atoms with E-state index in [1.54, 1.807) is 12.1 Å². The minimum atomic E-state index is -1.39. The van der Waals surface area contributed by atoms with Crippen LogP contribution in [0.2, 0.25) is 0 Å². The van der Waals surface area contributed by atoms with E-state index in [1.807, 2.05) is 18.2 Å². The quantitative estimate of drug-likeness (QED) is 0.905. The number of nitrogens with one attached hydrogen (secondary N) is 1. The molecule has 1 amide bonds. The van der Waals surface area contributed by atoms with Gasteiger partial charge in [0.1, 0.15) is 18.0 Å². The third-order valence-electron chi connectivity index (χ3n) is 3.08. The number of ether oxygens (including phenoxy) is 1. The maximum absolute atomic E-state index is 13.5. The number of carboxylic acids is 1. The average Bonchev–Trinajstić information content (AvgIpc) is 2.49. The number of carboxylic acid groups (broad SMARTS) is 1. The van der Waals surface area contributed by atoms with E-state index in [-0.39, 0.29) is 17.9 Å². The number of anilines is 1. The fourth-order valence-electron chi connectivity index (χ4n) is 1.95. The van der Waals surface area contributed by atoms with E-state index < -0.39 is 23.4 Å². The molecule has 2 aromatic rings. The molecule has 0 saturated heterocycles. The van der Waals surface area contributed by atoms with Gasteiger partial charge in [-0.15, -0.1) is 0 Å². The molecule has 6 heteroatoms. The molecule has 0 radical (unpaired) electrons. The molecule has 22 heavy (non-hydrogen) atoms. The first-order valence-electron chi connectivity index (χ1n) is 6.49. The van der Waals surface area contributed by atoms with Gasteiger partial charge in [0.05, 0.1) is 0 Å². The Labute approximate surface area is 126 Å². The lowest BCUT2D eigenvalue weighted by atomic mass is 10.1. The summed E-state index contributed by atoms with van der Waals surface area (Å²) >= 11 is 0. The molecule has 0 aliphatic heterocycles. The van der Waals surface area contributed by atoms with Crippen LogP contribution in [0.3, 0.4) is 0 Å². The Bertz CT molecular complexity index is 701. The van der Waals surface area contributed by atoms with Crippen LogP contribution in [0.25, 0.3) is 0 Å². The minimum absolute atomic E-state index is 0.0820. The Hall–Kier alpha value is -2.89. The zero-order valence-corrected chi connectivity index (χ0v) is 11.8. The zero-order chi connectivity index (χ0) is 16.1. The van der Waals surface area contributed by atoms with E-state index in [2.05, 4.69) is 5.32 Å². The average molecular weight is 303 g/mol. The zero-order valence-electron chi connectivity index (χ0n) is 11.8. The molecule has 2 N–H and O–H groups in total. The second-order valence-electron chi connectivity index (χ2n) is 4.59. The summed E-state index contributed by atoms with van der Waals surface area (Å²) < 4.78 is 18.5. The molecule has 0 saturated carbocycles.